The van der Waals surface area contributed by atoms with E-state index < -0.39 is 20.3 Å². The van der Waals surface area contributed by atoms with E-state index in [-0.39, 0.29) is 12.0 Å². The van der Waals surface area contributed by atoms with Crippen molar-refractivity contribution < 1.29 is 10.2 Å². The topological polar surface area (TPSA) is 82.7 Å². The summed E-state index contributed by atoms with van der Waals surface area (Å²) >= 11 is 0. The van der Waals surface area contributed by atoms with Crippen LogP contribution in [0.3, 0.4) is 0 Å². The molecule has 4 atom stereocenters. The Morgan fingerprint density at radius 1 is 1.11 bits per heavy atom. The monoisotopic (exact) mass is 396 g/mol. The van der Waals surface area contributed by atoms with Gasteiger partial charge in [0.25, 0.3) is 0 Å². The first-order valence-corrected chi connectivity index (χ1v) is 13.3. The number of aliphatic hydroxyl groups excluding tert-OH is 2. The highest BCUT2D eigenvalue weighted by molar-refractivity contribution is 6.88. The summed E-state index contributed by atoms with van der Waals surface area (Å²) in [4.78, 5) is 4.44. The number of nitrogens with one attached hydrogen (secondary N) is 1. The van der Waals surface area contributed by atoms with E-state index in [0.29, 0.717) is 6.42 Å². The fourth-order valence-electron chi connectivity index (χ4n) is 3.88. The molecule has 0 saturated heterocycles. The fraction of sp³-hybridized carbons (Fsp3) is 0.429. The number of benzene rings is 1. The maximum Gasteiger partial charge on any atom is 0.157 e. The molecule has 0 unspecified atom stereocenters. The van der Waals surface area contributed by atoms with Crippen LogP contribution in [0.1, 0.15) is 13.3 Å². The molecule has 1 aromatic carbocycles. The Morgan fingerprint density at radius 3 is 2.57 bits per heavy atom. The number of aliphatic hydroxyl groups is 2. The van der Waals surface area contributed by atoms with E-state index in [4.69, 9.17) is 5.10 Å². The first kappa shape index (κ1) is 19.1. The quantitative estimate of drug-likeness (QED) is 0.590. The van der Waals surface area contributed by atoms with Crippen molar-refractivity contribution in [2.75, 3.05) is 5.32 Å². The highest BCUT2D eigenvalue weighted by atomic mass is 28.3. The van der Waals surface area contributed by atoms with Crippen molar-refractivity contribution in [3.05, 3.63) is 42.6 Å². The Bertz CT molecular complexity index is 997. The van der Waals surface area contributed by atoms with E-state index in [1.54, 1.807) is 10.7 Å². The van der Waals surface area contributed by atoms with Crippen molar-refractivity contribution in [2.24, 2.45) is 5.92 Å². The minimum atomic E-state index is -1.41. The Balaban J connectivity index is 1.68. The normalized spacial score (nSPS) is 25.4. The van der Waals surface area contributed by atoms with E-state index in [9.17, 15) is 10.2 Å². The van der Waals surface area contributed by atoms with Crippen molar-refractivity contribution in [2.45, 2.75) is 51.2 Å². The summed E-state index contributed by atoms with van der Waals surface area (Å²) < 4.78 is 1.78. The number of hydrogen-bond acceptors (Lipinski definition) is 5. The van der Waals surface area contributed by atoms with Crippen LogP contribution in [0.2, 0.25) is 19.6 Å². The predicted molar refractivity (Wildman–Crippen MR) is 115 cm³/mol. The lowest BCUT2D eigenvalue weighted by Gasteiger charge is -2.19. The minimum absolute atomic E-state index is 0.0577. The molecule has 148 valence electrons. The molecule has 2 aromatic heterocycles. The molecule has 1 aliphatic rings. The summed E-state index contributed by atoms with van der Waals surface area (Å²) in [5, 5.41) is 29.9. The van der Waals surface area contributed by atoms with Crippen LogP contribution in [-0.4, -0.2) is 51.1 Å². The van der Waals surface area contributed by atoms with Crippen LogP contribution >= 0.6 is 0 Å². The van der Waals surface area contributed by atoms with Crippen molar-refractivity contribution in [1.82, 2.24) is 14.6 Å². The predicted octanol–water partition coefficient (Wildman–Crippen LogP) is 2.48. The summed E-state index contributed by atoms with van der Waals surface area (Å²) in [6.45, 7) is 8.96. The molecule has 0 amide bonds. The molecule has 2 heterocycles. The average molecular weight is 397 g/mol. The van der Waals surface area contributed by atoms with Crippen molar-refractivity contribution in [3.63, 3.8) is 0 Å². The van der Waals surface area contributed by atoms with E-state index in [1.807, 2.05) is 19.1 Å². The summed E-state index contributed by atoms with van der Waals surface area (Å²) in [5.41, 5.74) is 2.71. The molecule has 3 aromatic rings. The van der Waals surface area contributed by atoms with Gasteiger partial charge in [-0.05, 0) is 18.4 Å². The van der Waals surface area contributed by atoms with Crippen LogP contribution in [-0.2, 0) is 0 Å². The molecule has 0 aliphatic heterocycles. The van der Waals surface area contributed by atoms with Crippen molar-refractivity contribution in [1.29, 1.82) is 0 Å². The molecule has 1 aliphatic carbocycles. The summed E-state index contributed by atoms with van der Waals surface area (Å²) in [6.07, 6.45) is 0.954. The third kappa shape index (κ3) is 3.45. The Morgan fingerprint density at radius 2 is 1.89 bits per heavy atom. The molecule has 4 rings (SSSR count). The number of rotatable bonds is 4. The number of hydrogen-bond donors (Lipinski definition) is 3. The summed E-state index contributed by atoms with van der Waals surface area (Å²) in [7, 11) is -1.41. The number of nitrogens with zero attached hydrogens (tertiary/aromatic N) is 3. The Labute approximate surface area is 166 Å². The second-order valence-corrected chi connectivity index (χ2v) is 14.0. The van der Waals surface area contributed by atoms with Gasteiger partial charge < -0.3 is 15.5 Å². The van der Waals surface area contributed by atoms with Crippen LogP contribution in [0.15, 0.2) is 42.6 Å². The molecular formula is C21H28N4O2Si. The first-order chi connectivity index (χ1) is 13.2. The molecule has 6 nitrogen and oxygen atoms in total. The zero-order valence-corrected chi connectivity index (χ0v) is 17.8. The second-order valence-electron chi connectivity index (χ2n) is 8.91. The molecule has 1 fully saturated rings. The van der Waals surface area contributed by atoms with Crippen molar-refractivity contribution in [3.8, 4) is 11.3 Å². The van der Waals surface area contributed by atoms with Gasteiger partial charge in [0, 0.05) is 17.8 Å². The molecule has 0 radical (unpaired) electrons. The molecule has 1 saturated carbocycles. The van der Waals surface area contributed by atoms with Gasteiger partial charge in [-0.2, -0.15) is 9.61 Å². The average Bonchev–Trinajstić information content (AvgIpc) is 3.19. The maximum absolute atomic E-state index is 10.3. The Kier molecular flexibility index (Phi) is 4.77. The van der Waals surface area contributed by atoms with Crippen LogP contribution in [0, 0.1) is 5.92 Å². The number of anilines is 1. The standard InChI is InChI=1S/C21H28N4O2Si/c1-13-10-17(21(27)20(13)26)23-18-8-9-22-19-12-16(24-25(18)19)14-6-5-7-15(11-14)28(2,3)4/h5-9,11-13,17,20-21,23,26-27H,10H2,1-4H3/t13-,17-,20-,21+/m1/s1. The van der Waals surface area contributed by atoms with Gasteiger partial charge in [0.15, 0.2) is 5.65 Å². The van der Waals surface area contributed by atoms with Crippen LogP contribution < -0.4 is 10.5 Å². The third-order valence-corrected chi connectivity index (χ3v) is 7.73. The van der Waals surface area contributed by atoms with Gasteiger partial charge in [-0.1, -0.05) is 56.0 Å². The van der Waals surface area contributed by atoms with Gasteiger partial charge in [0.1, 0.15) is 11.9 Å². The zero-order chi connectivity index (χ0) is 20.1. The minimum Gasteiger partial charge on any atom is -0.390 e. The highest BCUT2D eigenvalue weighted by Crippen LogP contribution is 2.29. The SMILES string of the molecule is C[C@@H]1C[C@@H](Nc2ccnc3cc(-c4cccc([Si](C)(C)C)c4)nn23)[C@H](O)[C@@H]1O. The highest BCUT2D eigenvalue weighted by Gasteiger charge is 2.39. The lowest BCUT2D eigenvalue weighted by molar-refractivity contribution is 0.0210. The van der Waals surface area contributed by atoms with E-state index in [2.05, 4.69) is 54.2 Å². The fourth-order valence-corrected chi connectivity index (χ4v) is 5.06. The largest absolute Gasteiger partial charge is 0.390 e. The first-order valence-electron chi connectivity index (χ1n) is 9.82. The zero-order valence-electron chi connectivity index (χ0n) is 16.8. The summed E-state index contributed by atoms with van der Waals surface area (Å²) in [6, 6.07) is 12.2. The van der Waals surface area contributed by atoms with Gasteiger partial charge in [0.05, 0.1) is 25.9 Å². The Hall–Kier alpha value is -2.22. The number of fused-ring (bicyclic) bond motifs is 1. The van der Waals surface area contributed by atoms with E-state index >= 15 is 0 Å². The van der Waals surface area contributed by atoms with Crippen LogP contribution in [0.5, 0.6) is 0 Å². The molecule has 0 bridgehead atoms. The van der Waals surface area contributed by atoms with Gasteiger partial charge in [-0.25, -0.2) is 4.98 Å². The van der Waals surface area contributed by atoms with Crippen molar-refractivity contribution >= 4 is 24.7 Å². The van der Waals surface area contributed by atoms with E-state index in [0.717, 1.165) is 22.7 Å². The lowest BCUT2D eigenvalue weighted by atomic mass is 10.1. The van der Waals surface area contributed by atoms with Crippen LogP contribution in [0.25, 0.3) is 16.9 Å². The van der Waals surface area contributed by atoms with Crippen LogP contribution in [0.4, 0.5) is 5.82 Å². The van der Waals surface area contributed by atoms with E-state index in [1.165, 1.54) is 5.19 Å². The van der Waals surface area contributed by atoms with Gasteiger partial charge in [0.2, 0.25) is 0 Å². The van der Waals surface area contributed by atoms with Gasteiger partial charge >= 0.3 is 0 Å². The van der Waals surface area contributed by atoms with Gasteiger partial charge in [-0.15, -0.1) is 0 Å². The smallest absolute Gasteiger partial charge is 0.157 e. The lowest BCUT2D eigenvalue weighted by Crippen LogP contribution is -2.37. The number of aromatic nitrogens is 3. The maximum atomic E-state index is 10.3. The molecular weight excluding hydrogens is 368 g/mol. The summed E-state index contributed by atoms with van der Waals surface area (Å²) in [5.74, 6) is 0.824. The molecule has 7 heteroatoms. The molecule has 3 N–H and O–H groups in total. The molecule has 28 heavy (non-hydrogen) atoms. The third-order valence-electron chi connectivity index (χ3n) is 5.69. The second kappa shape index (κ2) is 6.99. The van der Waals surface area contributed by atoms with Gasteiger partial charge in [-0.3, -0.25) is 0 Å². The molecule has 0 spiro atoms.